The van der Waals surface area contributed by atoms with Crippen molar-refractivity contribution in [3.8, 4) is 0 Å². The highest BCUT2D eigenvalue weighted by atomic mass is 32.1. The van der Waals surface area contributed by atoms with Crippen LogP contribution in [0.3, 0.4) is 0 Å². The summed E-state index contributed by atoms with van der Waals surface area (Å²) < 4.78 is 5.91. The molecule has 0 spiro atoms. The van der Waals surface area contributed by atoms with E-state index in [0.29, 0.717) is 0 Å². The molecule has 86 valence electrons. The second-order valence-corrected chi connectivity index (χ2v) is 4.20. The molecule has 1 N–H and O–H groups in total. The van der Waals surface area contributed by atoms with Gasteiger partial charge in [-0.15, -0.1) is 5.10 Å². The van der Waals surface area contributed by atoms with Crippen molar-refractivity contribution in [3.05, 3.63) is 29.0 Å². The van der Waals surface area contributed by atoms with Gasteiger partial charge in [0.1, 0.15) is 0 Å². The summed E-state index contributed by atoms with van der Waals surface area (Å²) in [6, 6.07) is 2.18. The molecule has 0 saturated carbocycles. The van der Waals surface area contributed by atoms with Crippen LogP contribution in [0, 0.1) is 0 Å². The lowest BCUT2D eigenvalue weighted by atomic mass is 10.2. The summed E-state index contributed by atoms with van der Waals surface area (Å²) in [4.78, 5) is 1.12. The minimum absolute atomic E-state index is 0.146. The number of aromatic nitrogens is 4. The van der Waals surface area contributed by atoms with Gasteiger partial charge in [0.2, 0.25) is 0 Å². The smallest absolute Gasteiger partial charge is 0.0874 e. The van der Waals surface area contributed by atoms with Crippen molar-refractivity contribution in [1.82, 2.24) is 24.7 Å². The SMILES string of the molecule is CCNC(c1cnns1)c1ccnn1CC. The van der Waals surface area contributed by atoms with Crippen LogP contribution < -0.4 is 5.32 Å². The highest BCUT2D eigenvalue weighted by molar-refractivity contribution is 7.05. The van der Waals surface area contributed by atoms with Gasteiger partial charge in [0.25, 0.3) is 0 Å². The van der Waals surface area contributed by atoms with Crippen LogP contribution in [0.1, 0.15) is 30.5 Å². The van der Waals surface area contributed by atoms with Gasteiger partial charge in [-0.1, -0.05) is 11.4 Å². The Morgan fingerprint density at radius 1 is 1.50 bits per heavy atom. The van der Waals surface area contributed by atoms with E-state index < -0.39 is 0 Å². The minimum Gasteiger partial charge on any atom is -0.304 e. The van der Waals surface area contributed by atoms with Crippen LogP contribution in [0.5, 0.6) is 0 Å². The Morgan fingerprint density at radius 2 is 2.38 bits per heavy atom. The van der Waals surface area contributed by atoms with Gasteiger partial charge in [-0.25, -0.2) is 0 Å². The van der Waals surface area contributed by atoms with Crippen LogP contribution in [0.25, 0.3) is 0 Å². The number of aryl methyl sites for hydroxylation is 1. The van der Waals surface area contributed by atoms with Crippen molar-refractivity contribution < 1.29 is 0 Å². The van der Waals surface area contributed by atoms with Crippen molar-refractivity contribution in [2.24, 2.45) is 0 Å². The first-order valence-corrected chi connectivity index (χ1v) is 6.16. The van der Waals surface area contributed by atoms with Gasteiger partial charge in [-0.3, -0.25) is 4.68 Å². The molecule has 0 aliphatic heterocycles. The van der Waals surface area contributed by atoms with Crippen LogP contribution >= 0.6 is 11.5 Å². The maximum absolute atomic E-state index is 4.29. The average molecular weight is 237 g/mol. The molecule has 1 atom stereocenters. The molecule has 0 aliphatic rings. The summed E-state index contributed by atoms with van der Waals surface area (Å²) in [6.45, 7) is 5.95. The van der Waals surface area contributed by atoms with Crippen LogP contribution in [-0.4, -0.2) is 25.9 Å². The van der Waals surface area contributed by atoms with Crippen molar-refractivity contribution in [1.29, 1.82) is 0 Å². The standard InChI is InChI=1S/C10H15N5S/c1-3-11-10(9-7-12-14-16-9)8-5-6-13-15(8)4-2/h5-7,10-11H,3-4H2,1-2H3. The Hall–Kier alpha value is -1.27. The number of hydrogen-bond acceptors (Lipinski definition) is 5. The first kappa shape index (κ1) is 11.2. The minimum atomic E-state index is 0.146. The van der Waals surface area contributed by atoms with Gasteiger partial charge in [-0.2, -0.15) is 5.10 Å². The van der Waals surface area contributed by atoms with E-state index in [4.69, 9.17) is 0 Å². The van der Waals surface area contributed by atoms with Crippen molar-refractivity contribution in [2.75, 3.05) is 6.54 Å². The maximum Gasteiger partial charge on any atom is 0.0874 e. The van der Waals surface area contributed by atoms with E-state index in [1.165, 1.54) is 11.5 Å². The van der Waals surface area contributed by atoms with Gasteiger partial charge < -0.3 is 5.32 Å². The lowest BCUT2D eigenvalue weighted by Crippen LogP contribution is -2.24. The Labute approximate surface area is 98.7 Å². The fourth-order valence-corrected chi connectivity index (χ4v) is 2.30. The van der Waals surface area contributed by atoms with E-state index in [1.807, 2.05) is 23.1 Å². The van der Waals surface area contributed by atoms with Gasteiger partial charge in [0, 0.05) is 12.7 Å². The zero-order valence-corrected chi connectivity index (χ0v) is 10.2. The zero-order valence-electron chi connectivity index (χ0n) is 9.42. The van der Waals surface area contributed by atoms with E-state index in [9.17, 15) is 0 Å². The van der Waals surface area contributed by atoms with Crippen molar-refractivity contribution in [2.45, 2.75) is 26.4 Å². The highest BCUT2D eigenvalue weighted by Gasteiger charge is 2.18. The Bertz CT molecular complexity index is 422. The molecule has 2 rings (SSSR count). The van der Waals surface area contributed by atoms with Crippen molar-refractivity contribution in [3.63, 3.8) is 0 Å². The molecule has 2 aromatic rings. The molecule has 0 amide bonds. The lowest BCUT2D eigenvalue weighted by Gasteiger charge is -2.16. The summed E-state index contributed by atoms with van der Waals surface area (Å²) >= 11 is 1.42. The second-order valence-electron chi connectivity index (χ2n) is 3.38. The molecule has 2 heterocycles. The van der Waals surface area contributed by atoms with E-state index in [2.05, 4.69) is 33.8 Å². The molecule has 0 fully saturated rings. The van der Waals surface area contributed by atoms with Gasteiger partial charge in [0.15, 0.2) is 0 Å². The van der Waals surface area contributed by atoms with Crippen LogP contribution in [0.4, 0.5) is 0 Å². The lowest BCUT2D eigenvalue weighted by molar-refractivity contribution is 0.547. The third-order valence-electron chi connectivity index (χ3n) is 2.42. The summed E-state index contributed by atoms with van der Waals surface area (Å²) in [5.41, 5.74) is 1.16. The highest BCUT2D eigenvalue weighted by Crippen LogP contribution is 2.23. The predicted molar refractivity (Wildman–Crippen MR) is 63.3 cm³/mol. The molecule has 0 radical (unpaired) electrons. The summed E-state index contributed by atoms with van der Waals surface area (Å²) in [6.07, 6.45) is 3.64. The van der Waals surface area contributed by atoms with Crippen LogP contribution in [0.2, 0.25) is 0 Å². The molecular formula is C10H15N5S. The number of rotatable bonds is 5. The first-order valence-electron chi connectivity index (χ1n) is 5.39. The van der Waals surface area contributed by atoms with Gasteiger partial charge >= 0.3 is 0 Å². The molecule has 0 aromatic carbocycles. The quantitative estimate of drug-likeness (QED) is 0.855. The molecule has 2 aromatic heterocycles. The number of nitrogens with zero attached hydrogens (tertiary/aromatic N) is 4. The predicted octanol–water partition coefficient (Wildman–Crippen LogP) is 1.45. The summed E-state index contributed by atoms with van der Waals surface area (Å²) in [5, 5.41) is 11.6. The normalized spacial score (nSPS) is 12.9. The Balaban J connectivity index is 2.33. The largest absolute Gasteiger partial charge is 0.304 e. The number of nitrogens with one attached hydrogen (secondary N) is 1. The zero-order chi connectivity index (χ0) is 11.4. The summed E-state index contributed by atoms with van der Waals surface area (Å²) in [5.74, 6) is 0. The first-order chi connectivity index (χ1) is 7.86. The third-order valence-corrected chi connectivity index (χ3v) is 3.14. The molecule has 0 saturated heterocycles. The molecular weight excluding hydrogens is 222 g/mol. The molecule has 0 bridgehead atoms. The second kappa shape index (κ2) is 5.18. The maximum atomic E-state index is 4.29. The fraction of sp³-hybridized carbons (Fsp3) is 0.500. The number of hydrogen-bond donors (Lipinski definition) is 1. The monoisotopic (exact) mass is 237 g/mol. The van der Waals surface area contributed by atoms with E-state index in [0.717, 1.165) is 23.7 Å². The van der Waals surface area contributed by atoms with Gasteiger partial charge in [0.05, 0.1) is 22.8 Å². The Morgan fingerprint density at radius 3 is 3.00 bits per heavy atom. The van der Waals surface area contributed by atoms with E-state index >= 15 is 0 Å². The molecule has 5 nitrogen and oxygen atoms in total. The van der Waals surface area contributed by atoms with Crippen LogP contribution in [-0.2, 0) is 6.54 Å². The van der Waals surface area contributed by atoms with Crippen LogP contribution in [0.15, 0.2) is 18.5 Å². The molecule has 16 heavy (non-hydrogen) atoms. The summed E-state index contributed by atoms with van der Waals surface area (Å²) in [7, 11) is 0. The molecule has 6 heteroatoms. The molecule has 0 aliphatic carbocycles. The topological polar surface area (TPSA) is 55.6 Å². The third kappa shape index (κ3) is 2.12. The van der Waals surface area contributed by atoms with Gasteiger partial charge in [-0.05, 0) is 31.1 Å². The molecule has 1 unspecified atom stereocenters. The van der Waals surface area contributed by atoms with E-state index in [1.54, 1.807) is 0 Å². The fourth-order valence-electron chi connectivity index (χ4n) is 1.71. The average Bonchev–Trinajstić information content (AvgIpc) is 2.96. The van der Waals surface area contributed by atoms with Crippen molar-refractivity contribution >= 4 is 11.5 Å². The Kier molecular flexibility index (Phi) is 3.63. The van der Waals surface area contributed by atoms with E-state index in [-0.39, 0.29) is 6.04 Å².